The molecule has 0 aliphatic heterocycles. The number of nitrogens with zero attached hydrogens (tertiary/aromatic N) is 2. The van der Waals surface area contributed by atoms with Gasteiger partial charge < -0.3 is 19.9 Å². The van der Waals surface area contributed by atoms with Crippen LogP contribution in [0, 0.1) is 13.8 Å². The van der Waals surface area contributed by atoms with Crippen molar-refractivity contribution in [2.24, 2.45) is 0 Å². The van der Waals surface area contributed by atoms with Crippen LogP contribution in [0.1, 0.15) is 22.6 Å². The van der Waals surface area contributed by atoms with Crippen molar-refractivity contribution < 1.29 is 27.6 Å². The molecule has 2 aromatic heterocycles. The third-order valence-corrected chi connectivity index (χ3v) is 6.96. The van der Waals surface area contributed by atoms with Crippen LogP contribution in [0.15, 0.2) is 102 Å². The summed E-state index contributed by atoms with van der Waals surface area (Å²) in [4.78, 5) is 17.0. The number of carbonyl (C=O) groups is 1. The first-order valence-corrected chi connectivity index (χ1v) is 13.8. The summed E-state index contributed by atoms with van der Waals surface area (Å²) in [7, 11) is 0. The van der Waals surface area contributed by atoms with E-state index in [1.807, 2.05) is 32.0 Å². The van der Waals surface area contributed by atoms with Crippen LogP contribution in [0.25, 0.3) is 44.7 Å². The highest BCUT2D eigenvalue weighted by Gasteiger charge is 2.38. The normalized spacial score (nSPS) is 11.3. The first kappa shape index (κ1) is 30.2. The summed E-state index contributed by atoms with van der Waals surface area (Å²) >= 11 is 0. The fourth-order valence-electron chi connectivity index (χ4n) is 4.85. The van der Waals surface area contributed by atoms with Crippen LogP contribution < -0.4 is 5.32 Å². The lowest BCUT2D eigenvalue weighted by molar-refractivity contribution is -0.192. The first-order valence-electron chi connectivity index (χ1n) is 13.8. The van der Waals surface area contributed by atoms with E-state index < -0.39 is 12.1 Å². The number of benzene rings is 4. The van der Waals surface area contributed by atoms with E-state index in [1.54, 1.807) is 0 Å². The number of aryl methyl sites for hydroxylation is 2. The second-order valence-corrected chi connectivity index (χ2v) is 10.2. The van der Waals surface area contributed by atoms with Crippen molar-refractivity contribution >= 4 is 17.0 Å². The lowest BCUT2D eigenvalue weighted by atomic mass is 10.0. The van der Waals surface area contributed by atoms with Crippen LogP contribution >= 0.6 is 0 Å². The molecule has 0 fully saturated rings. The topological polar surface area (TPSA) is 104 Å². The molecular formula is C34H29F3N4O3. The van der Waals surface area contributed by atoms with Gasteiger partial charge in [-0.3, -0.25) is 0 Å². The molecule has 0 bridgehead atoms. The van der Waals surface area contributed by atoms with Gasteiger partial charge in [0.25, 0.3) is 0 Å². The zero-order valence-corrected chi connectivity index (χ0v) is 23.9. The number of para-hydroxylation sites is 2. The second-order valence-electron chi connectivity index (χ2n) is 10.2. The second kappa shape index (κ2) is 13.0. The van der Waals surface area contributed by atoms with E-state index in [0.717, 1.165) is 58.1 Å². The van der Waals surface area contributed by atoms with Gasteiger partial charge in [0.05, 0.1) is 16.7 Å². The minimum Gasteiger partial charge on any atom is -0.475 e. The molecule has 0 atom stereocenters. The van der Waals surface area contributed by atoms with Gasteiger partial charge in [-0.15, -0.1) is 0 Å². The van der Waals surface area contributed by atoms with E-state index >= 15 is 0 Å². The van der Waals surface area contributed by atoms with Crippen LogP contribution in [0.5, 0.6) is 0 Å². The standard InChI is InChI=1S/C32H28N4O.C2HF3O2/c1-21-31(22(2)37-36-21)28-10-6-8-24(18-28)20-33-19-23-7-5-9-27(17-23)25-13-15-26(16-14-25)32-34-29-11-3-4-12-30(29)35-32;3-2(4,5)1(6)7/h3-18,33H,19-20H2,1-2H3,(H,34,35);(H,6,7). The quantitative estimate of drug-likeness (QED) is 0.172. The number of hydrogen-bond donors (Lipinski definition) is 3. The van der Waals surface area contributed by atoms with E-state index in [9.17, 15) is 13.2 Å². The smallest absolute Gasteiger partial charge is 0.475 e. The number of aromatic amines is 1. The highest BCUT2D eigenvalue weighted by atomic mass is 19.4. The molecule has 0 saturated heterocycles. The zero-order valence-electron chi connectivity index (χ0n) is 23.9. The summed E-state index contributed by atoms with van der Waals surface area (Å²) in [6.07, 6.45) is -5.08. The van der Waals surface area contributed by atoms with Crippen LogP contribution in [0.4, 0.5) is 13.2 Å². The van der Waals surface area contributed by atoms with Crippen molar-refractivity contribution in [3.8, 4) is 33.6 Å². The van der Waals surface area contributed by atoms with Crippen LogP contribution in [-0.4, -0.2) is 32.4 Å². The Morgan fingerprint density at radius 2 is 1.41 bits per heavy atom. The van der Waals surface area contributed by atoms with Crippen molar-refractivity contribution in [1.29, 1.82) is 0 Å². The van der Waals surface area contributed by atoms with Gasteiger partial charge in [-0.05, 0) is 65.9 Å². The van der Waals surface area contributed by atoms with Gasteiger partial charge in [0.15, 0.2) is 0 Å². The number of carboxylic acids is 1. The number of H-pyrrole nitrogens is 1. The van der Waals surface area contributed by atoms with Crippen LogP contribution in [-0.2, 0) is 17.9 Å². The summed E-state index contributed by atoms with van der Waals surface area (Å²) in [5.41, 5.74) is 11.1. The fraction of sp³-hybridized carbons (Fsp3) is 0.147. The lowest BCUT2D eigenvalue weighted by Gasteiger charge is -2.09. The third-order valence-electron chi connectivity index (χ3n) is 6.96. The number of imidazole rings is 1. The van der Waals surface area contributed by atoms with E-state index in [-0.39, 0.29) is 0 Å². The van der Waals surface area contributed by atoms with Gasteiger partial charge in [0.2, 0.25) is 0 Å². The average Bonchev–Trinajstić information content (AvgIpc) is 3.60. The summed E-state index contributed by atoms with van der Waals surface area (Å²) in [5.74, 6) is -1.01. The Balaban J connectivity index is 0.000000493. The molecule has 0 radical (unpaired) electrons. The predicted molar refractivity (Wildman–Crippen MR) is 163 cm³/mol. The molecule has 6 rings (SSSR count). The SMILES string of the molecule is Cc1noc(C)c1-c1cccc(CNCc2cccc(-c3ccc(-c4nc5ccccc5[nH]4)cc3)c2)c1.O=C(O)C(F)(F)F. The minimum absolute atomic E-state index is 0.785. The number of carboxylic acid groups (broad SMARTS) is 1. The summed E-state index contributed by atoms with van der Waals surface area (Å²) in [6, 6.07) is 33.9. The molecule has 6 aromatic rings. The maximum atomic E-state index is 10.6. The molecule has 0 unspecified atom stereocenters. The van der Waals surface area contributed by atoms with Crippen molar-refractivity contribution in [3.05, 3.63) is 120 Å². The van der Waals surface area contributed by atoms with Gasteiger partial charge in [-0.2, -0.15) is 13.2 Å². The number of halogens is 3. The molecule has 3 N–H and O–H groups in total. The largest absolute Gasteiger partial charge is 0.490 e. The number of aliphatic carboxylic acids is 1. The summed E-state index contributed by atoms with van der Waals surface area (Å²) < 4.78 is 37.1. The Hall–Kier alpha value is -5.22. The third kappa shape index (κ3) is 7.22. The number of nitrogens with one attached hydrogen (secondary N) is 2. The Morgan fingerprint density at radius 1 is 0.818 bits per heavy atom. The molecule has 0 saturated carbocycles. The lowest BCUT2D eigenvalue weighted by Crippen LogP contribution is -2.21. The van der Waals surface area contributed by atoms with Gasteiger partial charge in [0, 0.05) is 24.2 Å². The van der Waals surface area contributed by atoms with Gasteiger partial charge in [-0.1, -0.05) is 78.0 Å². The van der Waals surface area contributed by atoms with Crippen molar-refractivity contribution in [3.63, 3.8) is 0 Å². The fourth-order valence-corrected chi connectivity index (χ4v) is 4.85. The summed E-state index contributed by atoms with van der Waals surface area (Å²) in [5, 5.41) is 14.8. The number of fused-ring (bicyclic) bond motifs is 1. The molecule has 0 amide bonds. The number of hydrogen-bond acceptors (Lipinski definition) is 5. The maximum absolute atomic E-state index is 10.6. The van der Waals surface area contributed by atoms with Crippen molar-refractivity contribution in [2.45, 2.75) is 33.1 Å². The molecule has 0 aliphatic carbocycles. The number of rotatable bonds is 7. The Labute approximate surface area is 251 Å². The van der Waals surface area contributed by atoms with E-state index in [0.29, 0.717) is 0 Å². The highest BCUT2D eigenvalue weighted by molar-refractivity contribution is 5.80. The van der Waals surface area contributed by atoms with Crippen LogP contribution in [0.2, 0.25) is 0 Å². The van der Waals surface area contributed by atoms with Crippen molar-refractivity contribution in [2.75, 3.05) is 0 Å². The van der Waals surface area contributed by atoms with E-state index in [2.05, 4.69) is 94.3 Å². The first-order chi connectivity index (χ1) is 21.1. The van der Waals surface area contributed by atoms with Crippen molar-refractivity contribution in [1.82, 2.24) is 20.4 Å². The highest BCUT2D eigenvalue weighted by Crippen LogP contribution is 2.28. The van der Waals surface area contributed by atoms with Gasteiger partial charge in [0.1, 0.15) is 11.6 Å². The molecule has 0 spiro atoms. The zero-order chi connectivity index (χ0) is 31.3. The number of alkyl halides is 3. The molecular weight excluding hydrogens is 569 g/mol. The number of aromatic nitrogens is 3. The van der Waals surface area contributed by atoms with Crippen LogP contribution in [0.3, 0.4) is 0 Å². The van der Waals surface area contributed by atoms with E-state index in [4.69, 9.17) is 19.4 Å². The molecule has 4 aromatic carbocycles. The maximum Gasteiger partial charge on any atom is 0.490 e. The summed E-state index contributed by atoms with van der Waals surface area (Å²) in [6.45, 7) is 5.52. The Kier molecular flexibility index (Phi) is 8.91. The molecule has 224 valence electrons. The Bertz CT molecular complexity index is 1840. The molecule has 44 heavy (non-hydrogen) atoms. The molecule has 0 aliphatic rings. The predicted octanol–water partition coefficient (Wildman–Crippen LogP) is 8.09. The average molecular weight is 599 g/mol. The van der Waals surface area contributed by atoms with E-state index in [1.165, 1.54) is 22.3 Å². The minimum atomic E-state index is -5.08. The molecule has 10 heteroatoms. The molecule has 2 heterocycles. The monoisotopic (exact) mass is 598 g/mol. The van der Waals surface area contributed by atoms with Gasteiger partial charge in [-0.25, -0.2) is 9.78 Å². The Morgan fingerprint density at radius 3 is 2.00 bits per heavy atom. The van der Waals surface area contributed by atoms with Gasteiger partial charge >= 0.3 is 12.1 Å². The molecule has 7 nitrogen and oxygen atoms in total.